The maximum atomic E-state index is 9.09. The summed E-state index contributed by atoms with van der Waals surface area (Å²) in [5.74, 6) is 0. The van der Waals surface area contributed by atoms with Gasteiger partial charge in [-0.2, -0.15) is 10.5 Å². The van der Waals surface area contributed by atoms with Crippen LogP contribution in [0.15, 0.2) is 48.8 Å². The highest BCUT2D eigenvalue weighted by Gasteiger charge is 2.12. The van der Waals surface area contributed by atoms with E-state index in [0.29, 0.717) is 11.1 Å². The summed E-state index contributed by atoms with van der Waals surface area (Å²) in [7, 11) is 0. The third kappa shape index (κ3) is 1.69. The Balaban J connectivity index is 2.03. The van der Waals surface area contributed by atoms with Gasteiger partial charge in [0.2, 0.25) is 0 Å². The minimum atomic E-state index is 0.630. The lowest BCUT2D eigenvalue weighted by Crippen LogP contribution is -1.78. The van der Waals surface area contributed by atoms with Gasteiger partial charge in [0, 0.05) is 45.3 Å². The molecular formula is C18H10N4. The van der Waals surface area contributed by atoms with Gasteiger partial charge in [-0.3, -0.25) is 0 Å². The van der Waals surface area contributed by atoms with E-state index in [9.17, 15) is 0 Å². The van der Waals surface area contributed by atoms with E-state index in [4.69, 9.17) is 10.5 Å². The van der Waals surface area contributed by atoms with Crippen LogP contribution in [0.4, 0.5) is 0 Å². The maximum absolute atomic E-state index is 9.09. The fourth-order valence-corrected chi connectivity index (χ4v) is 2.83. The molecule has 0 aliphatic rings. The molecule has 2 aromatic heterocycles. The van der Waals surface area contributed by atoms with Crippen molar-refractivity contribution < 1.29 is 0 Å². The lowest BCUT2D eigenvalue weighted by atomic mass is 10.0. The standard InChI is InChI=1S/C18H10N4/c19-7-11-1-3-17-13(5-11)15(9-21-17)16-10-22-18-4-2-12(8-20)6-14(16)18/h1-6,9-10,21-22H. The SMILES string of the molecule is N#Cc1ccc2[nH]cc(-c3c[nH]c4ccc(C#N)cc34)c2c1. The first-order valence-electron chi connectivity index (χ1n) is 6.83. The zero-order chi connectivity index (χ0) is 15.1. The molecule has 4 nitrogen and oxygen atoms in total. The van der Waals surface area contributed by atoms with Crippen molar-refractivity contribution in [2.75, 3.05) is 0 Å². The van der Waals surface area contributed by atoms with Crippen molar-refractivity contribution in [2.24, 2.45) is 0 Å². The van der Waals surface area contributed by atoms with E-state index < -0.39 is 0 Å². The van der Waals surface area contributed by atoms with Crippen LogP contribution < -0.4 is 0 Å². The Morgan fingerprint density at radius 2 is 1.14 bits per heavy atom. The summed E-state index contributed by atoms with van der Waals surface area (Å²) in [6.07, 6.45) is 3.88. The second-order valence-corrected chi connectivity index (χ2v) is 5.15. The third-order valence-electron chi connectivity index (χ3n) is 3.91. The molecule has 0 unspecified atom stereocenters. The van der Waals surface area contributed by atoms with Gasteiger partial charge < -0.3 is 9.97 Å². The zero-order valence-electron chi connectivity index (χ0n) is 11.5. The molecule has 0 aliphatic heterocycles. The number of nitrogens with zero attached hydrogens (tertiary/aromatic N) is 2. The molecule has 0 saturated carbocycles. The Kier molecular flexibility index (Phi) is 2.51. The summed E-state index contributed by atoms with van der Waals surface area (Å²) in [4.78, 5) is 6.47. The van der Waals surface area contributed by atoms with Crippen molar-refractivity contribution in [3.63, 3.8) is 0 Å². The van der Waals surface area contributed by atoms with E-state index >= 15 is 0 Å². The molecule has 0 spiro atoms. The maximum Gasteiger partial charge on any atom is 0.0991 e. The first kappa shape index (κ1) is 12.3. The fraction of sp³-hybridized carbons (Fsp3) is 0. The number of hydrogen-bond acceptors (Lipinski definition) is 2. The Labute approximate surface area is 126 Å². The van der Waals surface area contributed by atoms with Crippen LogP contribution in [-0.4, -0.2) is 9.97 Å². The molecule has 22 heavy (non-hydrogen) atoms. The second-order valence-electron chi connectivity index (χ2n) is 5.15. The van der Waals surface area contributed by atoms with Crippen LogP contribution >= 0.6 is 0 Å². The van der Waals surface area contributed by atoms with Crippen molar-refractivity contribution in [2.45, 2.75) is 0 Å². The van der Waals surface area contributed by atoms with Crippen molar-refractivity contribution in [3.8, 4) is 23.3 Å². The molecule has 0 radical (unpaired) electrons. The van der Waals surface area contributed by atoms with Crippen LogP contribution in [0.5, 0.6) is 0 Å². The molecule has 0 saturated heterocycles. The number of aromatic nitrogens is 2. The monoisotopic (exact) mass is 282 g/mol. The van der Waals surface area contributed by atoms with Crippen molar-refractivity contribution in [1.82, 2.24) is 9.97 Å². The number of nitriles is 2. The zero-order valence-corrected chi connectivity index (χ0v) is 11.5. The summed E-state index contributed by atoms with van der Waals surface area (Å²) in [5.41, 5.74) is 5.28. The van der Waals surface area contributed by atoms with Gasteiger partial charge in [0.15, 0.2) is 0 Å². The number of benzene rings is 2. The van der Waals surface area contributed by atoms with Gasteiger partial charge in [-0.15, -0.1) is 0 Å². The molecule has 2 aromatic carbocycles. The lowest BCUT2D eigenvalue weighted by molar-refractivity contribution is 1.45. The number of fused-ring (bicyclic) bond motifs is 2. The molecule has 2 N–H and O–H groups in total. The van der Waals surface area contributed by atoms with E-state index in [2.05, 4.69) is 22.1 Å². The Hall–Kier alpha value is -3.50. The molecule has 4 rings (SSSR count). The largest absolute Gasteiger partial charge is 0.361 e. The van der Waals surface area contributed by atoms with Crippen LogP contribution in [0.1, 0.15) is 11.1 Å². The summed E-state index contributed by atoms with van der Waals surface area (Å²) >= 11 is 0. The van der Waals surface area contributed by atoms with Crippen LogP contribution in [0.3, 0.4) is 0 Å². The van der Waals surface area contributed by atoms with Gasteiger partial charge in [0.25, 0.3) is 0 Å². The second kappa shape index (κ2) is 4.51. The van der Waals surface area contributed by atoms with E-state index in [1.165, 1.54) is 0 Å². The smallest absolute Gasteiger partial charge is 0.0991 e. The third-order valence-corrected chi connectivity index (χ3v) is 3.91. The molecule has 2 heterocycles. The average Bonchev–Trinajstić information content (AvgIpc) is 3.16. The predicted molar refractivity (Wildman–Crippen MR) is 85.0 cm³/mol. The van der Waals surface area contributed by atoms with E-state index in [0.717, 1.165) is 32.9 Å². The van der Waals surface area contributed by atoms with Crippen LogP contribution in [-0.2, 0) is 0 Å². The molecular weight excluding hydrogens is 272 g/mol. The Morgan fingerprint density at radius 1 is 0.682 bits per heavy atom. The molecule has 102 valence electrons. The highest BCUT2D eigenvalue weighted by molar-refractivity contribution is 6.05. The van der Waals surface area contributed by atoms with Gasteiger partial charge in [-0.25, -0.2) is 0 Å². The molecule has 4 heteroatoms. The summed E-state index contributed by atoms with van der Waals surface area (Å²) < 4.78 is 0. The topological polar surface area (TPSA) is 79.2 Å². The quantitative estimate of drug-likeness (QED) is 0.552. The number of rotatable bonds is 1. The minimum Gasteiger partial charge on any atom is -0.361 e. The molecule has 0 bridgehead atoms. The Morgan fingerprint density at radius 3 is 1.55 bits per heavy atom. The van der Waals surface area contributed by atoms with Crippen molar-refractivity contribution >= 4 is 21.8 Å². The van der Waals surface area contributed by atoms with Crippen LogP contribution in [0.2, 0.25) is 0 Å². The molecule has 0 fully saturated rings. The highest BCUT2D eigenvalue weighted by Crippen LogP contribution is 2.34. The van der Waals surface area contributed by atoms with Gasteiger partial charge in [-0.05, 0) is 36.4 Å². The van der Waals surface area contributed by atoms with Gasteiger partial charge in [-0.1, -0.05) is 0 Å². The lowest BCUT2D eigenvalue weighted by Gasteiger charge is -1.99. The molecule has 4 aromatic rings. The number of aromatic amines is 2. The first-order chi connectivity index (χ1) is 10.8. The van der Waals surface area contributed by atoms with Crippen molar-refractivity contribution in [3.05, 3.63) is 59.9 Å². The van der Waals surface area contributed by atoms with E-state index in [1.807, 2.05) is 36.7 Å². The van der Waals surface area contributed by atoms with Gasteiger partial charge >= 0.3 is 0 Å². The van der Waals surface area contributed by atoms with Crippen molar-refractivity contribution in [1.29, 1.82) is 10.5 Å². The Bertz CT molecular complexity index is 1010. The van der Waals surface area contributed by atoms with E-state index in [-0.39, 0.29) is 0 Å². The molecule has 0 aliphatic carbocycles. The van der Waals surface area contributed by atoms with E-state index in [1.54, 1.807) is 12.1 Å². The fourth-order valence-electron chi connectivity index (χ4n) is 2.83. The number of nitrogens with one attached hydrogen (secondary N) is 2. The van der Waals surface area contributed by atoms with Crippen LogP contribution in [0, 0.1) is 22.7 Å². The summed E-state index contributed by atoms with van der Waals surface area (Å²) in [5, 5.41) is 20.2. The minimum absolute atomic E-state index is 0.630. The van der Waals surface area contributed by atoms with Gasteiger partial charge in [0.05, 0.1) is 23.3 Å². The average molecular weight is 282 g/mol. The normalized spacial score (nSPS) is 10.6. The van der Waals surface area contributed by atoms with Gasteiger partial charge in [0.1, 0.15) is 0 Å². The highest BCUT2D eigenvalue weighted by atomic mass is 14.7. The number of hydrogen-bond donors (Lipinski definition) is 2. The number of H-pyrrole nitrogens is 2. The predicted octanol–water partition coefficient (Wildman–Crippen LogP) is 4.06. The van der Waals surface area contributed by atoms with Crippen LogP contribution in [0.25, 0.3) is 32.9 Å². The summed E-state index contributed by atoms with van der Waals surface area (Å²) in [6.45, 7) is 0. The molecule has 0 amide bonds. The first-order valence-corrected chi connectivity index (χ1v) is 6.83. The molecule has 0 atom stereocenters. The summed E-state index contributed by atoms with van der Waals surface area (Å²) in [6, 6.07) is 15.5.